The Morgan fingerprint density at radius 2 is 1.75 bits per heavy atom. The van der Waals surface area contributed by atoms with Gasteiger partial charge in [0.2, 0.25) is 0 Å². The summed E-state index contributed by atoms with van der Waals surface area (Å²) >= 11 is 1.71. The minimum absolute atomic E-state index is 0.326. The Kier molecular flexibility index (Phi) is 5.11. The van der Waals surface area contributed by atoms with Crippen molar-refractivity contribution in [3.63, 3.8) is 0 Å². The van der Waals surface area contributed by atoms with Gasteiger partial charge < -0.3 is 14.5 Å². The summed E-state index contributed by atoms with van der Waals surface area (Å²) in [5.74, 6) is 0. The highest BCUT2D eigenvalue weighted by atomic mass is 32.2. The molecule has 1 aromatic heterocycles. The average Bonchev–Trinajstić information content (AvgIpc) is 2.59. The highest BCUT2D eigenvalue weighted by Crippen LogP contribution is 2.20. The van der Waals surface area contributed by atoms with E-state index in [1.165, 1.54) is 11.6 Å². The third-order valence-electron chi connectivity index (χ3n) is 3.48. The van der Waals surface area contributed by atoms with Gasteiger partial charge in [0, 0.05) is 34.6 Å². The van der Waals surface area contributed by atoms with Gasteiger partial charge in [-0.05, 0) is 53.9 Å². The van der Waals surface area contributed by atoms with Crippen LogP contribution in [0.2, 0.25) is 0 Å². The van der Waals surface area contributed by atoms with E-state index in [0.29, 0.717) is 10.8 Å². The van der Waals surface area contributed by atoms with Crippen LogP contribution in [0, 0.1) is 0 Å². The summed E-state index contributed by atoms with van der Waals surface area (Å²) in [5, 5.41) is 4.84. The topological polar surface area (TPSA) is 54.3 Å². The first kappa shape index (κ1) is 16.5. The summed E-state index contributed by atoms with van der Waals surface area (Å²) in [7, 11) is 0. The number of hydrogen-bond donors (Lipinski definition) is 2. The number of nitrogens with one attached hydrogen (secondary N) is 2. The van der Waals surface area contributed by atoms with Crippen LogP contribution in [-0.4, -0.2) is 5.25 Å². The Morgan fingerprint density at radius 1 is 1.00 bits per heavy atom. The van der Waals surface area contributed by atoms with Crippen molar-refractivity contribution in [2.75, 3.05) is 10.0 Å². The van der Waals surface area contributed by atoms with Gasteiger partial charge >= 0.3 is 5.63 Å². The summed E-state index contributed by atoms with van der Waals surface area (Å²) in [6.45, 7) is 5.05. The molecule has 3 aromatic rings. The van der Waals surface area contributed by atoms with Crippen LogP contribution >= 0.6 is 11.9 Å². The molecule has 4 nitrogen and oxygen atoms in total. The predicted octanol–water partition coefficient (Wildman–Crippen LogP) is 4.87. The van der Waals surface area contributed by atoms with Crippen LogP contribution in [0.1, 0.15) is 19.4 Å². The molecule has 124 valence electrons. The molecule has 0 saturated heterocycles. The Morgan fingerprint density at radius 3 is 2.50 bits per heavy atom. The lowest BCUT2D eigenvalue weighted by Gasteiger charge is -2.10. The van der Waals surface area contributed by atoms with Gasteiger partial charge in [0.15, 0.2) is 0 Å². The van der Waals surface area contributed by atoms with Gasteiger partial charge in [0.1, 0.15) is 5.58 Å². The van der Waals surface area contributed by atoms with Gasteiger partial charge in [-0.2, -0.15) is 0 Å². The first-order chi connectivity index (χ1) is 11.6. The lowest BCUT2D eigenvalue weighted by molar-refractivity contribution is 0.561. The Labute approximate surface area is 145 Å². The van der Waals surface area contributed by atoms with Crippen molar-refractivity contribution in [3.8, 4) is 0 Å². The number of fused-ring (bicyclic) bond motifs is 1. The molecule has 0 amide bonds. The molecule has 0 unspecified atom stereocenters. The maximum absolute atomic E-state index is 11.2. The minimum Gasteiger partial charge on any atom is -0.423 e. The fourth-order valence-electron chi connectivity index (χ4n) is 2.26. The van der Waals surface area contributed by atoms with Crippen molar-refractivity contribution < 1.29 is 4.42 Å². The smallest absolute Gasteiger partial charge is 0.336 e. The van der Waals surface area contributed by atoms with Crippen molar-refractivity contribution >= 4 is 34.3 Å². The first-order valence-corrected chi connectivity index (χ1v) is 8.76. The fraction of sp³-hybridized carbons (Fsp3) is 0.211. The van der Waals surface area contributed by atoms with Crippen molar-refractivity contribution in [3.05, 3.63) is 70.6 Å². The van der Waals surface area contributed by atoms with Crippen molar-refractivity contribution in [1.82, 2.24) is 0 Å². The van der Waals surface area contributed by atoms with Crippen LogP contribution in [0.25, 0.3) is 11.0 Å². The normalized spacial score (nSPS) is 11.0. The summed E-state index contributed by atoms with van der Waals surface area (Å²) in [5.41, 5.74) is 3.58. The zero-order valence-electron chi connectivity index (χ0n) is 13.7. The zero-order valence-corrected chi connectivity index (χ0v) is 14.5. The molecule has 1 heterocycles. The highest BCUT2D eigenvalue weighted by Gasteiger charge is 2.01. The molecular formula is C19H20N2O2S. The van der Waals surface area contributed by atoms with Crippen molar-refractivity contribution in [2.24, 2.45) is 0 Å². The second-order valence-electron chi connectivity index (χ2n) is 5.83. The third-order valence-corrected chi connectivity index (χ3v) is 4.31. The summed E-state index contributed by atoms with van der Waals surface area (Å²) in [6, 6.07) is 17.3. The van der Waals surface area contributed by atoms with Gasteiger partial charge in [-0.1, -0.05) is 26.0 Å². The van der Waals surface area contributed by atoms with E-state index in [4.69, 9.17) is 4.42 Å². The van der Waals surface area contributed by atoms with Gasteiger partial charge in [-0.15, -0.1) is 0 Å². The maximum Gasteiger partial charge on any atom is 0.336 e. The van der Waals surface area contributed by atoms with E-state index in [1.807, 2.05) is 18.2 Å². The van der Waals surface area contributed by atoms with Gasteiger partial charge in [0.05, 0.1) is 0 Å². The van der Waals surface area contributed by atoms with Crippen LogP contribution < -0.4 is 15.7 Å². The largest absolute Gasteiger partial charge is 0.423 e. The van der Waals surface area contributed by atoms with Gasteiger partial charge in [-0.25, -0.2) is 4.79 Å². The lowest BCUT2D eigenvalue weighted by Crippen LogP contribution is -2.00. The van der Waals surface area contributed by atoms with E-state index < -0.39 is 0 Å². The molecule has 5 heteroatoms. The molecule has 0 aliphatic carbocycles. The molecule has 0 fully saturated rings. The molecule has 0 spiro atoms. The van der Waals surface area contributed by atoms with Crippen LogP contribution in [-0.2, 0) is 6.54 Å². The minimum atomic E-state index is -0.326. The molecule has 3 rings (SSSR count). The van der Waals surface area contributed by atoms with Crippen LogP contribution in [0.4, 0.5) is 11.4 Å². The van der Waals surface area contributed by atoms with Crippen molar-refractivity contribution in [2.45, 2.75) is 25.6 Å². The van der Waals surface area contributed by atoms with E-state index in [1.54, 1.807) is 18.0 Å². The summed E-state index contributed by atoms with van der Waals surface area (Å²) in [6.07, 6.45) is 0. The molecular weight excluding hydrogens is 320 g/mol. The predicted molar refractivity (Wildman–Crippen MR) is 103 cm³/mol. The molecule has 0 aliphatic heterocycles. The lowest BCUT2D eigenvalue weighted by atomic mass is 10.2. The highest BCUT2D eigenvalue weighted by molar-refractivity contribution is 8.01. The fourth-order valence-corrected chi connectivity index (χ4v) is 2.77. The molecule has 2 N–H and O–H groups in total. The van der Waals surface area contributed by atoms with E-state index in [-0.39, 0.29) is 5.63 Å². The quantitative estimate of drug-likeness (QED) is 0.495. The van der Waals surface area contributed by atoms with E-state index in [9.17, 15) is 4.79 Å². The maximum atomic E-state index is 11.2. The standard InChI is InChI=1S/C19H20N2O2S/c1-13(2)24-21-16-6-3-14(4-7-16)12-20-17-8-9-18-15(11-17)5-10-19(22)23-18/h3-11,13,20-21H,12H2,1-2H3. The molecule has 0 bridgehead atoms. The van der Waals surface area contributed by atoms with Crippen LogP contribution in [0.15, 0.2) is 63.8 Å². The van der Waals surface area contributed by atoms with E-state index in [0.717, 1.165) is 23.3 Å². The second-order valence-corrected chi connectivity index (χ2v) is 7.21. The SMILES string of the molecule is CC(C)SNc1ccc(CNc2ccc3oc(=O)ccc3c2)cc1. The number of benzene rings is 2. The average molecular weight is 340 g/mol. The summed E-state index contributed by atoms with van der Waals surface area (Å²) < 4.78 is 8.47. The van der Waals surface area contributed by atoms with Crippen LogP contribution in [0.5, 0.6) is 0 Å². The Bertz CT molecular complexity index is 872. The molecule has 0 radical (unpaired) electrons. The molecule has 2 aromatic carbocycles. The number of hydrogen-bond acceptors (Lipinski definition) is 5. The van der Waals surface area contributed by atoms with Crippen molar-refractivity contribution in [1.29, 1.82) is 0 Å². The van der Waals surface area contributed by atoms with E-state index >= 15 is 0 Å². The summed E-state index contributed by atoms with van der Waals surface area (Å²) in [4.78, 5) is 11.2. The van der Waals surface area contributed by atoms with E-state index in [2.05, 4.69) is 48.2 Å². The Hall–Kier alpha value is -2.40. The third kappa shape index (κ3) is 4.32. The molecule has 24 heavy (non-hydrogen) atoms. The number of rotatable bonds is 6. The Balaban J connectivity index is 1.63. The number of anilines is 2. The first-order valence-electron chi connectivity index (χ1n) is 7.88. The zero-order chi connectivity index (χ0) is 16.9. The van der Waals surface area contributed by atoms with Crippen LogP contribution in [0.3, 0.4) is 0 Å². The molecule has 0 saturated carbocycles. The molecule has 0 atom stereocenters. The van der Waals surface area contributed by atoms with Gasteiger partial charge in [0.25, 0.3) is 0 Å². The molecule has 0 aliphatic rings. The van der Waals surface area contributed by atoms with Gasteiger partial charge in [-0.3, -0.25) is 0 Å². The second kappa shape index (κ2) is 7.45. The monoisotopic (exact) mass is 340 g/mol.